The van der Waals surface area contributed by atoms with E-state index in [4.69, 9.17) is 10.00 Å². The quantitative estimate of drug-likeness (QED) is 0.900. The number of hydrogen-bond acceptors (Lipinski definition) is 3. The summed E-state index contributed by atoms with van der Waals surface area (Å²) in [5.74, 6) is 0.922. The van der Waals surface area contributed by atoms with E-state index in [0.29, 0.717) is 0 Å². The van der Waals surface area contributed by atoms with E-state index >= 15 is 0 Å². The first-order valence-electron chi connectivity index (χ1n) is 6.61. The van der Waals surface area contributed by atoms with Crippen molar-refractivity contribution in [3.05, 3.63) is 59.2 Å². The molecule has 1 N–H and O–H groups in total. The van der Waals surface area contributed by atoms with Gasteiger partial charge in [-0.05, 0) is 48.7 Å². The lowest BCUT2D eigenvalue weighted by Crippen LogP contribution is -2.06. The molecule has 2 aromatic carbocycles. The van der Waals surface area contributed by atoms with Gasteiger partial charge in [-0.1, -0.05) is 18.2 Å². The van der Waals surface area contributed by atoms with Gasteiger partial charge in [0.1, 0.15) is 5.75 Å². The molecule has 3 nitrogen and oxygen atoms in total. The molecule has 0 fully saturated rings. The molecule has 2 aromatic rings. The summed E-state index contributed by atoms with van der Waals surface area (Å²) in [7, 11) is 1.69. The highest BCUT2D eigenvalue weighted by molar-refractivity contribution is 5.51. The molecule has 3 heteroatoms. The number of ether oxygens (including phenoxy) is 1. The highest BCUT2D eigenvalue weighted by atomic mass is 16.5. The Kier molecular flexibility index (Phi) is 4.62. The van der Waals surface area contributed by atoms with E-state index in [1.54, 1.807) is 7.11 Å². The zero-order chi connectivity index (χ0) is 14.4. The molecule has 0 aromatic heterocycles. The highest BCUT2D eigenvalue weighted by Crippen LogP contribution is 2.18. The Morgan fingerprint density at radius 1 is 1.20 bits per heavy atom. The fraction of sp³-hybridized carbons (Fsp3) is 0.235. The van der Waals surface area contributed by atoms with E-state index in [-0.39, 0.29) is 0 Å². The van der Waals surface area contributed by atoms with Crippen molar-refractivity contribution in [3.8, 4) is 11.8 Å². The normalized spacial score (nSPS) is 9.85. The maximum atomic E-state index is 8.91. The third-order valence-electron chi connectivity index (χ3n) is 3.26. The lowest BCUT2D eigenvalue weighted by Gasteiger charge is -2.10. The van der Waals surface area contributed by atoms with Crippen LogP contribution in [0.4, 0.5) is 5.69 Å². The lowest BCUT2D eigenvalue weighted by molar-refractivity contribution is 0.410. The van der Waals surface area contributed by atoms with Crippen LogP contribution in [0.2, 0.25) is 0 Å². The number of nitriles is 1. The monoisotopic (exact) mass is 266 g/mol. The van der Waals surface area contributed by atoms with Crippen LogP contribution < -0.4 is 10.1 Å². The number of para-hydroxylation sites is 1. The molecule has 0 spiro atoms. The van der Waals surface area contributed by atoms with Crippen LogP contribution in [0, 0.1) is 18.3 Å². The number of rotatable bonds is 5. The average Bonchev–Trinajstić information content (AvgIpc) is 2.48. The Bertz CT molecular complexity index is 629. The molecular formula is C17H18N2O. The minimum Gasteiger partial charge on any atom is -0.496 e. The van der Waals surface area contributed by atoms with Crippen molar-refractivity contribution in [2.75, 3.05) is 19.0 Å². The SMILES string of the molecule is COc1ccccc1CCNc1ccc(C#N)c(C)c1. The molecule has 0 saturated heterocycles. The Morgan fingerprint density at radius 3 is 2.70 bits per heavy atom. The van der Waals surface area contributed by atoms with E-state index in [2.05, 4.69) is 17.5 Å². The summed E-state index contributed by atoms with van der Waals surface area (Å²) in [5.41, 5.74) is 3.94. The molecule has 0 aliphatic rings. The lowest BCUT2D eigenvalue weighted by atomic mass is 10.1. The van der Waals surface area contributed by atoms with Gasteiger partial charge in [-0.3, -0.25) is 0 Å². The summed E-state index contributed by atoms with van der Waals surface area (Å²) in [6.45, 7) is 2.77. The molecule has 0 amide bonds. The minimum atomic E-state index is 0.722. The predicted molar refractivity (Wildman–Crippen MR) is 81.1 cm³/mol. The third-order valence-corrected chi connectivity index (χ3v) is 3.26. The Morgan fingerprint density at radius 2 is 2.00 bits per heavy atom. The molecule has 0 aliphatic heterocycles. The summed E-state index contributed by atoms with van der Waals surface area (Å²) in [4.78, 5) is 0. The number of methoxy groups -OCH3 is 1. The van der Waals surface area contributed by atoms with Gasteiger partial charge in [0.25, 0.3) is 0 Å². The van der Waals surface area contributed by atoms with Crippen LogP contribution in [0.5, 0.6) is 5.75 Å². The van der Waals surface area contributed by atoms with Crippen molar-refractivity contribution in [3.63, 3.8) is 0 Å². The van der Waals surface area contributed by atoms with Crippen LogP contribution in [0.15, 0.2) is 42.5 Å². The second kappa shape index (κ2) is 6.63. The summed E-state index contributed by atoms with van der Waals surface area (Å²) in [5, 5.41) is 12.3. The minimum absolute atomic E-state index is 0.722. The molecule has 0 unspecified atom stereocenters. The molecule has 0 saturated carbocycles. The topological polar surface area (TPSA) is 45.0 Å². The van der Waals surface area contributed by atoms with Gasteiger partial charge in [0.05, 0.1) is 18.7 Å². The predicted octanol–water partition coefficient (Wildman–Crippen LogP) is 3.53. The van der Waals surface area contributed by atoms with Gasteiger partial charge in [0.2, 0.25) is 0 Å². The number of nitrogens with one attached hydrogen (secondary N) is 1. The molecule has 0 atom stereocenters. The van der Waals surface area contributed by atoms with Crippen LogP contribution in [-0.2, 0) is 6.42 Å². The van der Waals surface area contributed by atoms with Crippen molar-refractivity contribution < 1.29 is 4.74 Å². The molecule has 0 heterocycles. The molecule has 20 heavy (non-hydrogen) atoms. The first-order valence-corrected chi connectivity index (χ1v) is 6.61. The Balaban J connectivity index is 1.96. The van der Waals surface area contributed by atoms with Gasteiger partial charge >= 0.3 is 0 Å². The Hall–Kier alpha value is -2.47. The van der Waals surface area contributed by atoms with Crippen molar-refractivity contribution in [2.24, 2.45) is 0 Å². The van der Waals surface area contributed by atoms with Crippen LogP contribution >= 0.6 is 0 Å². The van der Waals surface area contributed by atoms with E-state index in [0.717, 1.165) is 35.5 Å². The molecule has 2 rings (SSSR count). The standard InChI is InChI=1S/C17H18N2O/c1-13-11-16(8-7-15(13)12-18)19-10-9-14-5-3-4-6-17(14)20-2/h3-8,11,19H,9-10H2,1-2H3. The van der Waals surface area contributed by atoms with Gasteiger partial charge in [-0.15, -0.1) is 0 Å². The first kappa shape index (κ1) is 14.0. The van der Waals surface area contributed by atoms with Crippen molar-refractivity contribution in [1.82, 2.24) is 0 Å². The largest absolute Gasteiger partial charge is 0.496 e. The van der Waals surface area contributed by atoms with Crippen molar-refractivity contribution in [2.45, 2.75) is 13.3 Å². The first-order chi connectivity index (χ1) is 9.74. The smallest absolute Gasteiger partial charge is 0.122 e. The fourth-order valence-electron chi connectivity index (χ4n) is 2.15. The number of anilines is 1. The van der Waals surface area contributed by atoms with Crippen LogP contribution in [-0.4, -0.2) is 13.7 Å². The second-order valence-electron chi connectivity index (χ2n) is 4.63. The summed E-state index contributed by atoms with van der Waals surface area (Å²) in [6.07, 6.45) is 0.892. The van der Waals surface area contributed by atoms with E-state index in [1.165, 1.54) is 5.56 Å². The van der Waals surface area contributed by atoms with Crippen LogP contribution in [0.25, 0.3) is 0 Å². The number of nitrogens with zero attached hydrogens (tertiary/aromatic N) is 1. The van der Waals surface area contributed by atoms with Gasteiger partial charge in [0.15, 0.2) is 0 Å². The average molecular weight is 266 g/mol. The third kappa shape index (κ3) is 3.30. The number of benzene rings is 2. The van der Waals surface area contributed by atoms with E-state index in [9.17, 15) is 0 Å². The maximum absolute atomic E-state index is 8.91. The maximum Gasteiger partial charge on any atom is 0.122 e. The van der Waals surface area contributed by atoms with Crippen LogP contribution in [0.1, 0.15) is 16.7 Å². The van der Waals surface area contributed by atoms with Crippen LogP contribution in [0.3, 0.4) is 0 Å². The highest BCUT2D eigenvalue weighted by Gasteiger charge is 2.02. The summed E-state index contributed by atoms with van der Waals surface area (Å²) < 4.78 is 5.33. The van der Waals surface area contributed by atoms with Crippen molar-refractivity contribution in [1.29, 1.82) is 5.26 Å². The molecule has 102 valence electrons. The summed E-state index contributed by atoms with van der Waals surface area (Å²) in [6, 6.07) is 16.0. The van der Waals surface area contributed by atoms with Gasteiger partial charge in [-0.25, -0.2) is 0 Å². The van der Waals surface area contributed by atoms with E-state index in [1.807, 2.05) is 43.3 Å². The number of hydrogen-bond donors (Lipinski definition) is 1. The Labute approximate surface area is 119 Å². The van der Waals surface area contributed by atoms with Gasteiger partial charge < -0.3 is 10.1 Å². The fourth-order valence-corrected chi connectivity index (χ4v) is 2.15. The number of aryl methyl sites for hydroxylation is 1. The zero-order valence-electron chi connectivity index (χ0n) is 11.8. The van der Waals surface area contributed by atoms with Gasteiger partial charge in [-0.2, -0.15) is 5.26 Å². The molecule has 0 aliphatic carbocycles. The summed E-state index contributed by atoms with van der Waals surface area (Å²) >= 11 is 0. The zero-order valence-corrected chi connectivity index (χ0v) is 11.8. The molecule has 0 radical (unpaired) electrons. The van der Waals surface area contributed by atoms with E-state index < -0.39 is 0 Å². The van der Waals surface area contributed by atoms with Gasteiger partial charge in [0, 0.05) is 12.2 Å². The molecule has 0 bridgehead atoms. The molecular weight excluding hydrogens is 248 g/mol. The second-order valence-corrected chi connectivity index (χ2v) is 4.63. The van der Waals surface area contributed by atoms with Crippen molar-refractivity contribution >= 4 is 5.69 Å².